The second kappa shape index (κ2) is 7.02. The summed E-state index contributed by atoms with van der Waals surface area (Å²) in [6.07, 6.45) is 0.574. The predicted molar refractivity (Wildman–Crippen MR) is 104 cm³/mol. The van der Waals surface area contributed by atoms with Crippen LogP contribution in [-0.2, 0) is 17.6 Å². The molecule has 0 aliphatic carbocycles. The van der Waals surface area contributed by atoms with E-state index in [9.17, 15) is 9.18 Å². The standard InChI is InChI=1S/C21H24FN3O2/c1-5-14-7-6-8-17(22)16(14)11-13-9-10-15-18(12-13)25(24-19(15)23)20(26)27-21(2,3)4/h6-10,12H,5,11H2,1-4H3,(H2,23,24). The number of hydrogen-bond acceptors (Lipinski definition) is 4. The molecule has 0 spiro atoms. The fraction of sp³-hybridized carbons (Fsp3) is 0.333. The van der Waals surface area contributed by atoms with Crippen LogP contribution in [0.25, 0.3) is 10.9 Å². The molecule has 5 nitrogen and oxygen atoms in total. The van der Waals surface area contributed by atoms with E-state index in [0.717, 1.165) is 17.5 Å². The van der Waals surface area contributed by atoms with Crippen molar-refractivity contribution in [3.63, 3.8) is 0 Å². The third-order valence-corrected chi connectivity index (χ3v) is 4.32. The number of benzene rings is 2. The van der Waals surface area contributed by atoms with E-state index >= 15 is 0 Å². The van der Waals surface area contributed by atoms with Crippen molar-refractivity contribution >= 4 is 22.8 Å². The lowest BCUT2D eigenvalue weighted by atomic mass is 9.97. The van der Waals surface area contributed by atoms with E-state index in [0.29, 0.717) is 22.9 Å². The van der Waals surface area contributed by atoms with E-state index in [1.807, 2.05) is 25.1 Å². The molecule has 0 atom stereocenters. The summed E-state index contributed by atoms with van der Waals surface area (Å²) in [5.74, 6) is 0.0251. The molecule has 6 heteroatoms. The summed E-state index contributed by atoms with van der Waals surface area (Å²) < 4.78 is 20.9. The van der Waals surface area contributed by atoms with Crippen molar-refractivity contribution in [1.82, 2.24) is 9.78 Å². The van der Waals surface area contributed by atoms with Crippen molar-refractivity contribution in [3.8, 4) is 0 Å². The van der Waals surface area contributed by atoms with Crippen LogP contribution in [0, 0.1) is 5.82 Å². The van der Waals surface area contributed by atoms with Crippen LogP contribution >= 0.6 is 0 Å². The molecule has 0 fully saturated rings. The van der Waals surface area contributed by atoms with Gasteiger partial charge in [-0.2, -0.15) is 4.68 Å². The number of aryl methyl sites for hydroxylation is 1. The molecule has 0 aliphatic rings. The zero-order chi connectivity index (χ0) is 19.8. The zero-order valence-corrected chi connectivity index (χ0v) is 16.0. The highest BCUT2D eigenvalue weighted by Gasteiger charge is 2.22. The molecule has 0 amide bonds. The number of anilines is 1. The number of halogens is 1. The summed E-state index contributed by atoms with van der Waals surface area (Å²) in [5.41, 5.74) is 8.35. The van der Waals surface area contributed by atoms with Gasteiger partial charge in [-0.25, -0.2) is 9.18 Å². The minimum atomic E-state index is -0.648. The number of aromatic nitrogens is 2. The Morgan fingerprint density at radius 2 is 2.00 bits per heavy atom. The molecule has 0 bridgehead atoms. The van der Waals surface area contributed by atoms with E-state index in [2.05, 4.69) is 5.10 Å². The van der Waals surface area contributed by atoms with Gasteiger partial charge in [-0.05, 0) is 62.1 Å². The van der Waals surface area contributed by atoms with Crippen LogP contribution in [0.1, 0.15) is 44.4 Å². The number of ether oxygens (including phenoxy) is 1. The summed E-state index contributed by atoms with van der Waals surface area (Å²) in [6, 6.07) is 10.6. The van der Waals surface area contributed by atoms with E-state index in [-0.39, 0.29) is 11.6 Å². The zero-order valence-electron chi connectivity index (χ0n) is 16.0. The molecule has 3 rings (SSSR count). The first-order chi connectivity index (χ1) is 12.7. The number of carbonyl (C=O) groups excluding carboxylic acids is 1. The van der Waals surface area contributed by atoms with Gasteiger partial charge in [-0.15, -0.1) is 5.10 Å². The Balaban J connectivity index is 2.03. The van der Waals surface area contributed by atoms with Gasteiger partial charge < -0.3 is 10.5 Å². The van der Waals surface area contributed by atoms with Crippen molar-refractivity contribution < 1.29 is 13.9 Å². The smallest absolute Gasteiger partial charge is 0.435 e. The second-order valence-corrected chi connectivity index (χ2v) is 7.54. The first-order valence-corrected chi connectivity index (χ1v) is 8.96. The molecule has 0 saturated heterocycles. The fourth-order valence-electron chi connectivity index (χ4n) is 3.08. The first-order valence-electron chi connectivity index (χ1n) is 8.96. The molecule has 142 valence electrons. The molecule has 2 N–H and O–H groups in total. The number of nitrogen functional groups attached to an aromatic ring is 1. The Morgan fingerprint density at radius 3 is 2.67 bits per heavy atom. The molecule has 1 aromatic heterocycles. The summed E-state index contributed by atoms with van der Waals surface area (Å²) in [6.45, 7) is 7.36. The van der Waals surface area contributed by atoms with Gasteiger partial charge in [0.15, 0.2) is 5.82 Å². The van der Waals surface area contributed by atoms with E-state index in [4.69, 9.17) is 10.5 Å². The summed E-state index contributed by atoms with van der Waals surface area (Å²) >= 11 is 0. The van der Waals surface area contributed by atoms with E-state index in [1.165, 1.54) is 10.7 Å². The Kier molecular flexibility index (Phi) is 4.91. The van der Waals surface area contributed by atoms with Crippen LogP contribution in [0.4, 0.5) is 15.0 Å². The highest BCUT2D eigenvalue weighted by molar-refractivity contribution is 5.95. The molecule has 1 heterocycles. The minimum absolute atomic E-state index is 0.227. The van der Waals surface area contributed by atoms with Crippen molar-refractivity contribution in [2.75, 3.05) is 5.73 Å². The van der Waals surface area contributed by atoms with Crippen molar-refractivity contribution in [1.29, 1.82) is 0 Å². The lowest BCUT2D eigenvalue weighted by molar-refractivity contribution is 0.0523. The molecule has 27 heavy (non-hydrogen) atoms. The Labute approximate surface area is 157 Å². The largest absolute Gasteiger partial charge is 0.442 e. The minimum Gasteiger partial charge on any atom is -0.442 e. The van der Waals surface area contributed by atoms with Crippen LogP contribution in [0.2, 0.25) is 0 Å². The van der Waals surface area contributed by atoms with Crippen LogP contribution in [-0.4, -0.2) is 21.5 Å². The lowest BCUT2D eigenvalue weighted by Gasteiger charge is -2.19. The van der Waals surface area contributed by atoms with Crippen LogP contribution in [0.15, 0.2) is 36.4 Å². The monoisotopic (exact) mass is 369 g/mol. The van der Waals surface area contributed by atoms with E-state index < -0.39 is 11.7 Å². The quantitative estimate of drug-likeness (QED) is 0.727. The maximum absolute atomic E-state index is 14.3. The first kappa shape index (κ1) is 18.9. The lowest BCUT2D eigenvalue weighted by Crippen LogP contribution is -2.27. The van der Waals surface area contributed by atoms with Crippen molar-refractivity contribution in [2.24, 2.45) is 0 Å². The molecular formula is C21H24FN3O2. The number of carbonyl (C=O) groups is 1. The number of nitrogens with zero attached hydrogens (tertiary/aromatic N) is 2. The normalized spacial score (nSPS) is 11.7. The van der Waals surface area contributed by atoms with Gasteiger partial charge in [0.2, 0.25) is 0 Å². The molecule has 3 aromatic rings. The Morgan fingerprint density at radius 1 is 1.26 bits per heavy atom. The Bertz CT molecular complexity index is 1000. The van der Waals surface area contributed by atoms with Gasteiger partial charge >= 0.3 is 6.09 Å². The Hall–Kier alpha value is -2.89. The highest BCUT2D eigenvalue weighted by atomic mass is 19.1. The number of fused-ring (bicyclic) bond motifs is 1. The summed E-state index contributed by atoms with van der Waals surface area (Å²) in [7, 11) is 0. The number of nitrogens with two attached hydrogens (primary N) is 1. The molecule has 2 aromatic carbocycles. The topological polar surface area (TPSA) is 70.1 Å². The fourth-order valence-corrected chi connectivity index (χ4v) is 3.08. The van der Waals surface area contributed by atoms with Crippen molar-refractivity contribution in [3.05, 3.63) is 58.9 Å². The maximum Gasteiger partial charge on any atom is 0.435 e. The van der Waals surface area contributed by atoms with Gasteiger partial charge in [-0.3, -0.25) is 0 Å². The number of hydrogen-bond donors (Lipinski definition) is 1. The van der Waals surface area contributed by atoms with Gasteiger partial charge in [-0.1, -0.05) is 25.1 Å². The maximum atomic E-state index is 14.3. The summed E-state index contributed by atoms with van der Waals surface area (Å²) in [4.78, 5) is 12.5. The van der Waals surface area contributed by atoms with Crippen LogP contribution in [0.3, 0.4) is 0 Å². The molecular weight excluding hydrogens is 345 g/mol. The second-order valence-electron chi connectivity index (χ2n) is 7.54. The third-order valence-electron chi connectivity index (χ3n) is 4.32. The molecule has 0 aliphatic heterocycles. The molecule has 0 saturated carbocycles. The number of rotatable bonds is 3. The SMILES string of the molecule is CCc1cccc(F)c1Cc1ccc2c(N)nn(C(=O)OC(C)(C)C)c2c1. The van der Waals surface area contributed by atoms with Crippen molar-refractivity contribution in [2.45, 2.75) is 46.1 Å². The average molecular weight is 369 g/mol. The van der Waals surface area contributed by atoms with E-state index in [1.54, 1.807) is 32.9 Å². The molecule has 0 radical (unpaired) electrons. The predicted octanol–water partition coefficient (Wildman–Crippen LogP) is 4.69. The van der Waals surface area contributed by atoms with Gasteiger partial charge in [0.1, 0.15) is 11.4 Å². The highest BCUT2D eigenvalue weighted by Crippen LogP contribution is 2.26. The molecule has 0 unspecified atom stereocenters. The average Bonchev–Trinajstić information content (AvgIpc) is 2.92. The van der Waals surface area contributed by atoms with Crippen LogP contribution in [0.5, 0.6) is 0 Å². The van der Waals surface area contributed by atoms with Gasteiger partial charge in [0.05, 0.1) is 5.52 Å². The summed E-state index contributed by atoms with van der Waals surface area (Å²) in [5, 5.41) is 4.78. The van der Waals surface area contributed by atoms with Crippen LogP contribution < -0.4 is 5.73 Å². The third kappa shape index (κ3) is 3.94. The van der Waals surface area contributed by atoms with Gasteiger partial charge in [0, 0.05) is 11.8 Å². The van der Waals surface area contributed by atoms with Gasteiger partial charge in [0.25, 0.3) is 0 Å².